The summed E-state index contributed by atoms with van der Waals surface area (Å²) < 4.78 is 33.2. The minimum atomic E-state index is -3.64. The highest BCUT2D eigenvalue weighted by Crippen LogP contribution is 2.50. The van der Waals surface area contributed by atoms with Gasteiger partial charge >= 0.3 is 5.92 Å². The number of ether oxygens (including phenoxy) is 1. The average Bonchev–Trinajstić information content (AvgIpc) is 2.51. The summed E-state index contributed by atoms with van der Waals surface area (Å²) >= 11 is 0. The number of hydrogen-bond acceptors (Lipinski definition) is 3. The molecule has 3 rings (SSSR count). The van der Waals surface area contributed by atoms with Crippen molar-refractivity contribution in [3.8, 4) is 5.75 Å². The van der Waals surface area contributed by atoms with Crippen LogP contribution in [-0.2, 0) is 16.1 Å². The van der Waals surface area contributed by atoms with E-state index in [1.165, 1.54) is 4.90 Å². The first-order valence-corrected chi connectivity index (χ1v) is 6.99. The molecule has 118 valence electrons. The fourth-order valence-corrected chi connectivity index (χ4v) is 3.05. The third-order valence-electron chi connectivity index (χ3n) is 4.41. The lowest BCUT2D eigenvalue weighted by molar-refractivity contribution is -0.214. The molecule has 2 aliphatic heterocycles. The van der Waals surface area contributed by atoms with Gasteiger partial charge in [-0.2, -0.15) is 8.78 Å². The van der Waals surface area contributed by atoms with Crippen molar-refractivity contribution in [2.75, 3.05) is 20.2 Å². The third-order valence-corrected chi connectivity index (χ3v) is 4.41. The van der Waals surface area contributed by atoms with E-state index >= 15 is 0 Å². The molecule has 0 saturated carbocycles. The number of rotatable bonds is 3. The SMILES string of the molecule is COc1ccc(CN2CC3(CCNC(=O)C3(F)F)C2=O)cc1. The number of carbonyl (C=O) groups excluding carboxylic acids is 2. The summed E-state index contributed by atoms with van der Waals surface area (Å²) in [6.45, 7) is 0.261. The summed E-state index contributed by atoms with van der Waals surface area (Å²) in [6.07, 6.45) is -0.0241. The number of nitrogens with one attached hydrogen (secondary N) is 1. The van der Waals surface area contributed by atoms with Crippen molar-refractivity contribution in [3.05, 3.63) is 29.8 Å². The molecule has 5 nitrogen and oxygen atoms in total. The van der Waals surface area contributed by atoms with E-state index in [4.69, 9.17) is 4.74 Å². The van der Waals surface area contributed by atoms with Crippen LogP contribution in [0.1, 0.15) is 12.0 Å². The third kappa shape index (κ3) is 1.95. The minimum Gasteiger partial charge on any atom is -0.497 e. The van der Waals surface area contributed by atoms with Crippen molar-refractivity contribution in [1.82, 2.24) is 10.2 Å². The maximum atomic E-state index is 14.1. The molecule has 22 heavy (non-hydrogen) atoms. The van der Waals surface area contributed by atoms with Crippen LogP contribution in [0.25, 0.3) is 0 Å². The van der Waals surface area contributed by atoms with Crippen molar-refractivity contribution >= 4 is 11.8 Å². The first-order chi connectivity index (χ1) is 10.4. The van der Waals surface area contributed by atoms with E-state index in [2.05, 4.69) is 5.32 Å². The van der Waals surface area contributed by atoms with Gasteiger partial charge in [-0.25, -0.2) is 0 Å². The van der Waals surface area contributed by atoms with E-state index in [0.717, 1.165) is 5.56 Å². The topological polar surface area (TPSA) is 58.6 Å². The van der Waals surface area contributed by atoms with Gasteiger partial charge in [-0.3, -0.25) is 9.59 Å². The van der Waals surface area contributed by atoms with Crippen molar-refractivity contribution in [3.63, 3.8) is 0 Å². The molecule has 1 aromatic carbocycles. The molecule has 1 N–H and O–H groups in total. The Labute approximate surface area is 126 Å². The summed E-state index contributed by atoms with van der Waals surface area (Å²) in [6, 6.07) is 7.06. The van der Waals surface area contributed by atoms with Gasteiger partial charge in [0.1, 0.15) is 11.2 Å². The van der Waals surface area contributed by atoms with Gasteiger partial charge in [0.25, 0.3) is 5.91 Å². The fraction of sp³-hybridized carbons (Fsp3) is 0.467. The van der Waals surface area contributed by atoms with E-state index < -0.39 is 23.2 Å². The lowest BCUT2D eigenvalue weighted by Crippen LogP contribution is -2.74. The molecular weight excluding hydrogens is 294 g/mol. The normalized spacial score (nSPS) is 26.6. The number of piperidine rings is 1. The molecule has 2 saturated heterocycles. The standard InChI is InChI=1S/C15H16F2N2O3/c1-22-11-4-2-10(3-5-11)8-19-9-14(13(19)21)6-7-18-12(20)15(14,16)17/h2-5H,6-9H2,1H3,(H,18,20). The van der Waals surface area contributed by atoms with Gasteiger partial charge in [-0.05, 0) is 24.1 Å². The number of carbonyl (C=O) groups is 2. The molecule has 1 unspecified atom stereocenters. The van der Waals surface area contributed by atoms with Crippen LogP contribution in [-0.4, -0.2) is 42.8 Å². The molecule has 1 spiro atoms. The van der Waals surface area contributed by atoms with Crippen LogP contribution in [0.2, 0.25) is 0 Å². The van der Waals surface area contributed by atoms with E-state index in [0.29, 0.717) is 5.75 Å². The second-order valence-corrected chi connectivity index (χ2v) is 5.67. The molecule has 0 radical (unpaired) electrons. The number of hydrogen-bond donors (Lipinski definition) is 1. The van der Waals surface area contributed by atoms with Crippen molar-refractivity contribution in [2.24, 2.45) is 5.41 Å². The highest BCUT2D eigenvalue weighted by atomic mass is 19.3. The first kappa shape index (κ1) is 14.7. The zero-order valence-electron chi connectivity index (χ0n) is 12.1. The number of nitrogens with zero attached hydrogens (tertiary/aromatic N) is 1. The minimum absolute atomic E-state index is 0.0241. The molecule has 0 aliphatic carbocycles. The molecule has 0 bridgehead atoms. The molecule has 2 heterocycles. The van der Waals surface area contributed by atoms with E-state index in [1.54, 1.807) is 31.4 Å². The Morgan fingerprint density at radius 1 is 1.27 bits per heavy atom. The first-order valence-electron chi connectivity index (χ1n) is 6.99. The number of likely N-dealkylation sites (tertiary alicyclic amines) is 1. The van der Waals surface area contributed by atoms with Gasteiger partial charge in [-0.1, -0.05) is 12.1 Å². The zero-order chi connectivity index (χ0) is 16.0. The number of amides is 2. The molecule has 2 fully saturated rings. The lowest BCUT2D eigenvalue weighted by Gasteiger charge is -2.53. The average molecular weight is 310 g/mol. The maximum absolute atomic E-state index is 14.1. The van der Waals surface area contributed by atoms with Crippen LogP contribution >= 0.6 is 0 Å². The van der Waals surface area contributed by atoms with E-state index in [9.17, 15) is 18.4 Å². The van der Waals surface area contributed by atoms with Crippen LogP contribution in [0.5, 0.6) is 5.75 Å². The Balaban J connectivity index is 1.72. The highest BCUT2D eigenvalue weighted by Gasteiger charge is 2.71. The zero-order valence-corrected chi connectivity index (χ0v) is 12.1. The molecule has 1 aromatic rings. The quantitative estimate of drug-likeness (QED) is 0.853. The van der Waals surface area contributed by atoms with Crippen LogP contribution in [0.4, 0.5) is 8.78 Å². The largest absolute Gasteiger partial charge is 0.497 e. The summed E-state index contributed by atoms with van der Waals surface area (Å²) in [5.41, 5.74) is -1.03. The predicted molar refractivity (Wildman–Crippen MR) is 73.4 cm³/mol. The van der Waals surface area contributed by atoms with Crippen molar-refractivity contribution < 1.29 is 23.1 Å². The van der Waals surface area contributed by atoms with Gasteiger partial charge in [0.05, 0.1) is 7.11 Å². The monoisotopic (exact) mass is 310 g/mol. The van der Waals surface area contributed by atoms with Crippen molar-refractivity contribution in [2.45, 2.75) is 18.9 Å². The molecule has 2 amide bonds. The summed E-state index contributed by atoms with van der Waals surface area (Å²) in [5, 5.41) is 2.12. The molecule has 0 aromatic heterocycles. The molecule has 2 aliphatic rings. The number of β-lactam (4-membered cyclic amide) rings is 1. The number of alkyl halides is 2. The summed E-state index contributed by atoms with van der Waals surface area (Å²) in [4.78, 5) is 25.0. The van der Waals surface area contributed by atoms with Gasteiger partial charge in [0, 0.05) is 19.6 Å². The van der Waals surface area contributed by atoms with Crippen LogP contribution in [0.3, 0.4) is 0 Å². The Morgan fingerprint density at radius 3 is 2.55 bits per heavy atom. The van der Waals surface area contributed by atoms with Gasteiger partial charge < -0.3 is 15.0 Å². The number of halogens is 2. The van der Waals surface area contributed by atoms with Gasteiger partial charge in [0.2, 0.25) is 5.91 Å². The molecule has 1 atom stereocenters. The Bertz CT molecular complexity index is 618. The number of methoxy groups -OCH3 is 1. The molecular formula is C15H16F2N2O3. The smallest absolute Gasteiger partial charge is 0.340 e. The van der Waals surface area contributed by atoms with Crippen molar-refractivity contribution in [1.29, 1.82) is 0 Å². The molecule has 7 heteroatoms. The Morgan fingerprint density at radius 2 is 1.95 bits per heavy atom. The highest BCUT2D eigenvalue weighted by molar-refractivity contribution is 5.99. The predicted octanol–water partition coefficient (Wildman–Crippen LogP) is 1.18. The van der Waals surface area contributed by atoms with Gasteiger partial charge in [0.15, 0.2) is 0 Å². The van der Waals surface area contributed by atoms with Crippen LogP contribution < -0.4 is 10.1 Å². The fourth-order valence-electron chi connectivity index (χ4n) is 3.05. The maximum Gasteiger partial charge on any atom is 0.340 e. The van der Waals surface area contributed by atoms with Crippen LogP contribution in [0.15, 0.2) is 24.3 Å². The van der Waals surface area contributed by atoms with E-state index in [-0.39, 0.29) is 26.1 Å². The summed E-state index contributed by atoms with van der Waals surface area (Å²) in [7, 11) is 1.55. The Hall–Kier alpha value is -2.18. The summed E-state index contributed by atoms with van der Waals surface area (Å²) in [5.74, 6) is -4.95. The van der Waals surface area contributed by atoms with Crippen LogP contribution in [0, 0.1) is 5.41 Å². The van der Waals surface area contributed by atoms with E-state index in [1.807, 2.05) is 0 Å². The lowest BCUT2D eigenvalue weighted by atomic mass is 9.68. The second-order valence-electron chi connectivity index (χ2n) is 5.67. The Kier molecular flexibility index (Phi) is 3.30. The second kappa shape index (κ2) is 4.93. The number of benzene rings is 1. The van der Waals surface area contributed by atoms with Gasteiger partial charge in [-0.15, -0.1) is 0 Å².